The topological polar surface area (TPSA) is 45.2 Å². The van der Waals surface area contributed by atoms with Gasteiger partial charge in [-0.2, -0.15) is 0 Å². The molecule has 0 unspecified atom stereocenters. The zero-order valence-corrected chi connectivity index (χ0v) is 13.1. The van der Waals surface area contributed by atoms with Crippen LogP contribution in [0.25, 0.3) is 0 Å². The summed E-state index contributed by atoms with van der Waals surface area (Å²) in [6.07, 6.45) is 5.34. The molecule has 0 atom stereocenters. The number of aromatic nitrogens is 1. The Bertz CT molecular complexity index is 679. The van der Waals surface area contributed by atoms with Gasteiger partial charge in [0.1, 0.15) is 5.82 Å². The zero-order valence-electron chi connectivity index (χ0n) is 13.1. The summed E-state index contributed by atoms with van der Waals surface area (Å²) in [7, 11) is 0. The number of halogens is 1. The van der Waals surface area contributed by atoms with Crippen molar-refractivity contribution in [3.05, 3.63) is 54.1 Å². The predicted molar refractivity (Wildman–Crippen MR) is 88.2 cm³/mol. The summed E-state index contributed by atoms with van der Waals surface area (Å²) in [6, 6.07) is 7.86. The minimum Gasteiger partial charge on any atom is -0.354 e. The van der Waals surface area contributed by atoms with Gasteiger partial charge in [-0.3, -0.25) is 9.78 Å². The number of piperidine rings is 1. The summed E-state index contributed by atoms with van der Waals surface area (Å²) in [5.41, 5.74) is 2.05. The average Bonchev–Trinajstić information content (AvgIpc) is 2.57. The van der Waals surface area contributed by atoms with Gasteiger partial charge in [0.15, 0.2) is 0 Å². The maximum absolute atomic E-state index is 12.9. The summed E-state index contributed by atoms with van der Waals surface area (Å²) >= 11 is 0. The van der Waals surface area contributed by atoms with Crippen LogP contribution in [-0.4, -0.2) is 28.9 Å². The minimum atomic E-state index is -0.281. The summed E-state index contributed by atoms with van der Waals surface area (Å²) in [6.45, 7) is 3.82. The molecular formula is C18H20FN3O. The third-order valence-electron chi connectivity index (χ3n) is 4.19. The van der Waals surface area contributed by atoms with E-state index in [9.17, 15) is 9.18 Å². The highest BCUT2D eigenvalue weighted by Gasteiger charge is 2.21. The lowest BCUT2D eigenvalue weighted by Gasteiger charge is -2.30. The van der Waals surface area contributed by atoms with Crippen molar-refractivity contribution < 1.29 is 9.18 Å². The Hall–Kier alpha value is -2.43. The van der Waals surface area contributed by atoms with Crippen LogP contribution in [0, 0.1) is 11.7 Å². The van der Waals surface area contributed by atoms with E-state index in [0.29, 0.717) is 17.2 Å². The summed E-state index contributed by atoms with van der Waals surface area (Å²) < 4.78 is 12.9. The molecule has 2 heterocycles. The molecule has 2 aromatic rings. The number of hydrogen-bond donors (Lipinski definition) is 1. The van der Waals surface area contributed by atoms with Crippen LogP contribution in [0.1, 0.15) is 30.1 Å². The normalized spacial score (nSPS) is 15.5. The zero-order chi connectivity index (χ0) is 16.2. The molecule has 1 saturated heterocycles. The summed E-state index contributed by atoms with van der Waals surface area (Å²) in [4.78, 5) is 18.6. The second-order valence-corrected chi connectivity index (χ2v) is 6.07. The molecule has 120 valence electrons. The van der Waals surface area contributed by atoms with E-state index in [0.717, 1.165) is 31.6 Å². The van der Waals surface area contributed by atoms with E-state index in [2.05, 4.69) is 17.2 Å². The first kappa shape index (κ1) is 15.5. The number of pyridine rings is 1. The SMILES string of the molecule is CC1CCN(C(=O)c2cncc(Nc3ccc(F)cc3)c2)CC1. The minimum absolute atomic E-state index is 0.0205. The van der Waals surface area contributed by atoms with Crippen LogP contribution in [-0.2, 0) is 0 Å². The van der Waals surface area contributed by atoms with Gasteiger partial charge in [0.25, 0.3) is 5.91 Å². The van der Waals surface area contributed by atoms with Crippen molar-refractivity contribution >= 4 is 17.3 Å². The third kappa shape index (κ3) is 3.86. The number of carbonyl (C=O) groups excluding carboxylic acids is 1. The molecule has 1 N–H and O–H groups in total. The molecule has 4 nitrogen and oxygen atoms in total. The maximum Gasteiger partial charge on any atom is 0.255 e. The van der Waals surface area contributed by atoms with E-state index in [1.54, 1.807) is 30.6 Å². The molecule has 0 saturated carbocycles. The van der Waals surface area contributed by atoms with Gasteiger partial charge in [0.2, 0.25) is 0 Å². The molecule has 1 fully saturated rings. The molecule has 0 spiro atoms. The molecular weight excluding hydrogens is 293 g/mol. The van der Waals surface area contributed by atoms with Gasteiger partial charge in [-0.25, -0.2) is 4.39 Å². The molecule has 1 aliphatic heterocycles. The monoisotopic (exact) mass is 313 g/mol. The predicted octanol–water partition coefficient (Wildman–Crippen LogP) is 3.84. The molecule has 0 radical (unpaired) electrons. The second-order valence-electron chi connectivity index (χ2n) is 6.07. The lowest BCUT2D eigenvalue weighted by Crippen LogP contribution is -2.37. The number of benzene rings is 1. The van der Waals surface area contributed by atoms with Gasteiger partial charge < -0.3 is 10.2 Å². The van der Waals surface area contributed by atoms with Crippen molar-refractivity contribution in [3.63, 3.8) is 0 Å². The van der Waals surface area contributed by atoms with Gasteiger partial charge in [-0.1, -0.05) is 6.92 Å². The Labute approximate surface area is 135 Å². The van der Waals surface area contributed by atoms with E-state index in [-0.39, 0.29) is 11.7 Å². The maximum atomic E-state index is 12.9. The Morgan fingerprint density at radius 1 is 1.17 bits per heavy atom. The Balaban J connectivity index is 1.71. The van der Waals surface area contributed by atoms with Crippen molar-refractivity contribution in [2.45, 2.75) is 19.8 Å². The fourth-order valence-electron chi connectivity index (χ4n) is 2.72. The Morgan fingerprint density at radius 3 is 2.57 bits per heavy atom. The van der Waals surface area contributed by atoms with Crippen LogP contribution >= 0.6 is 0 Å². The average molecular weight is 313 g/mol. The van der Waals surface area contributed by atoms with Crippen molar-refractivity contribution in [1.29, 1.82) is 0 Å². The largest absolute Gasteiger partial charge is 0.354 e. The number of hydrogen-bond acceptors (Lipinski definition) is 3. The first-order chi connectivity index (χ1) is 11.1. The molecule has 1 aromatic heterocycles. The first-order valence-corrected chi connectivity index (χ1v) is 7.89. The highest BCUT2D eigenvalue weighted by Crippen LogP contribution is 2.21. The highest BCUT2D eigenvalue weighted by atomic mass is 19.1. The van der Waals surface area contributed by atoms with Crippen LogP contribution in [0.5, 0.6) is 0 Å². The number of amides is 1. The number of rotatable bonds is 3. The summed E-state index contributed by atoms with van der Waals surface area (Å²) in [5, 5.41) is 3.14. The third-order valence-corrected chi connectivity index (χ3v) is 4.19. The van der Waals surface area contributed by atoms with E-state index in [1.165, 1.54) is 12.1 Å². The van der Waals surface area contributed by atoms with E-state index in [4.69, 9.17) is 0 Å². The van der Waals surface area contributed by atoms with Crippen LogP contribution in [0.3, 0.4) is 0 Å². The van der Waals surface area contributed by atoms with Crippen LogP contribution < -0.4 is 5.32 Å². The van der Waals surface area contributed by atoms with Crippen molar-refractivity contribution in [2.24, 2.45) is 5.92 Å². The van der Waals surface area contributed by atoms with E-state index < -0.39 is 0 Å². The van der Waals surface area contributed by atoms with Crippen LogP contribution in [0.15, 0.2) is 42.7 Å². The van der Waals surface area contributed by atoms with Crippen molar-refractivity contribution in [2.75, 3.05) is 18.4 Å². The fraction of sp³-hybridized carbons (Fsp3) is 0.333. The van der Waals surface area contributed by atoms with E-state index >= 15 is 0 Å². The smallest absolute Gasteiger partial charge is 0.255 e. The molecule has 5 heteroatoms. The van der Waals surface area contributed by atoms with Gasteiger partial charge in [-0.05, 0) is 49.1 Å². The standard InChI is InChI=1S/C18H20FN3O/c1-13-6-8-22(9-7-13)18(23)14-10-17(12-20-11-14)21-16-4-2-15(19)3-5-16/h2-5,10-13,21H,6-9H2,1H3. The Morgan fingerprint density at radius 2 is 1.87 bits per heavy atom. The summed E-state index contributed by atoms with van der Waals surface area (Å²) in [5.74, 6) is 0.424. The molecule has 1 aliphatic rings. The molecule has 0 bridgehead atoms. The number of nitrogens with one attached hydrogen (secondary N) is 1. The van der Waals surface area contributed by atoms with Crippen molar-refractivity contribution in [1.82, 2.24) is 9.88 Å². The first-order valence-electron chi connectivity index (χ1n) is 7.89. The number of likely N-dealkylation sites (tertiary alicyclic amines) is 1. The number of anilines is 2. The number of nitrogens with zero attached hydrogens (tertiary/aromatic N) is 2. The van der Waals surface area contributed by atoms with Gasteiger partial charge in [0, 0.05) is 25.0 Å². The fourth-order valence-corrected chi connectivity index (χ4v) is 2.72. The highest BCUT2D eigenvalue weighted by molar-refractivity contribution is 5.95. The Kier molecular flexibility index (Phi) is 4.55. The molecule has 1 amide bonds. The van der Waals surface area contributed by atoms with Gasteiger partial charge in [0.05, 0.1) is 17.4 Å². The van der Waals surface area contributed by atoms with Crippen LogP contribution in [0.4, 0.5) is 15.8 Å². The van der Waals surface area contributed by atoms with Gasteiger partial charge in [-0.15, -0.1) is 0 Å². The molecule has 23 heavy (non-hydrogen) atoms. The van der Waals surface area contributed by atoms with Crippen molar-refractivity contribution in [3.8, 4) is 0 Å². The molecule has 0 aliphatic carbocycles. The van der Waals surface area contributed by atoms with E-state index in [1.807, 2.05) is 4.90 Å². The lowest BCUT2D eigenvalue weighted by molar-refractivity contribution is 0.0697. The quantitative estimate of drug-likeness (QED) is 0.936. The van der Waals surface area contributed by atoms with Gasteiger partial charge >= 0.3 is 0 Å². The van der Waals surface area contributed by atoms with Crippen LogP contribution in [0.2, 0.25) is 0 Å². The second kappa shape index (κ2) is 6.77. The number of carbonyl (C=O) groups is 1. The lowest BCUT2D eigenvalue weighted by atomic mass is 9.99. The molecule has 3 rings (SSSR count). The molecule has 1 aromatic carbocycles.